The molecule has 0 saturated carbocycles. The highest BCUT2D eigenvalue weighted by molar-refractivity contribution is 7.59. The fourth-order valence-corrected chi connectivity index (χ4v) is 4.48. The number of H-pyrrole nitrogens is 1. The number of para-hydroxylation sites is 1. The smallest absolute Gasteiger partial charge is 0.330 e. The van der Waals surface area contributed by atoms with E-state index in [1.165, 1.54) is 10.8 Å². The van der Waals surface area contributed by atoms with Crippen molar-refractivity contribution in [3.05, 3.63) is 73.4 Å². The van der Waals surface area contributed by atoms with Crippen LogP contribution in [0.4, 0.5) is 5.69 Å². The van der Waals surface area contributed by atoms with E-state index < -0.39 is 37.1 Å². The van der Waals surface area contributed by atoms with Crippen molar-refractivity contribution in [2.45, 2.75) is 38.1 Å². The molecule has 3 N–H and O–H groups in total. The van der Waals surface area contributed by atoms with Gasteiger partial charge < -0.3 is 14.7 Å². The molecule has 29 heavy (non-hydrogen) atoms. The van der Waals surface area contributed by atoms with Crippen LogP contribution in [0.5, 0.6) is 0 Å². The van der Waals surface area contributed by atoms with Crippen LogP contribution in [0.25, 0.3) is 10.4 Å². The van der Waals surface area contributed by atoms with E-state index in [1.54, 1.807) is 37.3 Å². The largest absolute Gasteiger partial charge is 0.354 e. The molecule has 0 amide bonds. The van der Waals surface area contributed by atoms with Gasteiger partial charge in [-0.25, -0.2) is 4.79 Å². The molecule has 1 saturated heterocycles. The molecule has 2 aromatic rings. The van der Waals surface area contributed by atoms with Crippen LogP contribution in [-0.4, -0.2) is 32.8 Å². The first-order valence-electron chi connectivity index (χ1n) is 8.96. The average Bonchev–Trinajstić information content (AvgIpc) is 3.06. The molecule has 1 aliphatic rings. The van der Waals surface area contributed by atoms with Crippen LogP contribution in [0.2, 0.25) is 0 Å². The molecule has 1 aromatic carbocycles. The van der Waals surface area contributed by atoms with Gasteiger partial charge in [-0.05, 0) is 31.0 Å². The van der Waals surface area contributed by atoms with Crippen molar-refractivity contribution in [3.8, 4) is 0 Å². The maximum atomic E-state index is 12.5. The zero-order valence-corrected chi connectivity index (χ0v) is 16.5. The van der Waals surface area contributed by atoms with E-state index in [4.69, 9.17) is 10.3 Å². The van der Waals surface area contributed by atoms with Crippen molar-refractivity contribution < 1.29 is 14.2 Å². The summed E-state index contributed by atoms with van der Waals surface area (Å²) < 4.78 is 19.6. The van der Waals surface area contributed by atoms with E-state index in [0.29, 0.717) is 11.3 Å². The highest BCUT2D eigenvalue weighted by Gasteiger charge is 2.37. The van der Waals surface area contributed by atoms with Gasteiger partial charge in [-0.1, -0.05) is 23.3 Å². The minimum atomic E-state index is -3.71. The third-order valence-corrected chi connectivity index (χ3v) is 6.13. The zero-order chi connectivity index (χ0) is 21.0. The molecule has 154 valence electrons. The van der Waals surface area contributed by atoms with Crippen LogP contribution in [0.3, 0.4) is 0 Å². The molecule has 2 heterocycles. The summed E-state index contributed by atoms with van der Waals surface area (Å²) in [5.74, 6) is 0. The summed E-state index contributed by atoms with van der Waals surface area (Å²) in [6.07, 6.45) is 0.227. The van der Waals surface area contributed by atoms with Gasteiger partial charge in [0.05, 0.1) is 12.1 Å². The van der Waals surface area contributed by atoms with E-state index >= 15 is 0 Å². The first-order valence-corrected chi connectivity index (χ1v) is 10.8. The number of hydrogen-bond donors (Lipinski definition) is 3. The number of nitrogens with one attached hydrogen (secondary N) is 2. The number of anilines is 1. The molecule has 12 heteroatoms. The summed E-state index contributed by atoms with van der Waals surface area (Å²) in [5, 5.41) is 6.32. The van der Waals surface area contributed by atoms with Crippen molar-refractivity contribution in [3.63, 3.8) is 0 Å². The highest BCUT2D eigenvalue weighted by Crippen LogP contribution is 2.43. The van der Waals surface area contributed by atoms with Crippen molar-refractivity contribution in [1.82, 2.24) is 9.55 Å². The Morgan fingerprint density at radius 2 is 2.14 bits per heavy atom. The lowest BCUT2D eigenvalue weighted by molar-refractivity contribution is -0.00402. The fraction of sp³-hybridized carbons (Fsp3) is 0.412. The first-order chi connectivity index (χ1) is 13.8. The molecule has 1 aromatic heterocycles. The van der Waals surface area contributed by atoms with E-state index in [9.17, 15) is 19.0 Å². The molecular formula is C17H21N6O5P. The first kappa shape index (κ1) is 20.9. The third-order valence-electron chi connectivity index (χ3n) is 4.65. The summed E-state index contributed by atoms with van der Waals surface area (Å²) in [4.78, 5) is 38.9. The number of rotatable bonds is 7. The van der Waals surface area contributed by atoms with Crippen LogP contribution in [-0.2, 0) is 9.30 Å². The van der Waals surface area contributed by atoms with Crippen LogP contribution in [0.1, 0.15) is 24.6 Å². The minimum absolute atomic E-state index is 0.115. The predicted octanol–water partition coefficient (Wildman–Crippen LogP) is 2.50. The summed E-state index contributed by atoms with van der Waals surface area (Å²) in [5.41, 5.74) is 8.57. The summed E-state index contributed by atoms with van der Waals surface area (Å²) in [6, 6.07) is 8.03. The van der Waals surface area contributed by atoms with Crippen LogP contribution in [0.15, 0.2) is 51.2 Å². The molecule has 1 fully saturated rings. The number of nitrogens with zero attached hydrogens (tertiary/aromatic N) is 4. The summed E-state index contributed by atoms with van der Waals surface area (Å²) in [7, 11) is -3.71. The van der Waals surface area contributed by atoms with Crippen molar-refractivity contribution in [1.29, 1.82) is 0 Å². The van der Waals surface area contributed by atoms with E-state index in [1.807, 2.05) is 0 Å². The van der Waals surface area contributed by atoms with Gasteiger partial charge in [-0.15, -0.1) is 0 Å². The van der Waals surface area contributed by atoms with Crippen LogP contribution >= 0.6 is 7.52 Å². The van der Waals surface area contributed by atoms with Gasteiger partial charge in [-0.2, -0.15) is 0 Å². The molecule has 11 nitrogen and oxygen atoms in total. The Labute approximate surface area is 165 Å². The molecule has 3 rings (SSSR count). The molecule has 4 atom stereocenters. The van der Waals surface area contributed by atoms with Gasteiger partial charge in [-0.3, -0.25) is 18.9 Å². The number of hydrogen-bond acceptors (Lipinski definition) is 5. The van der Waals surface area contributed by atoms with Gasteiger partial charge in [0, 0.05) is 34.9 Å². The van der Waals surface area contributed by atoms with Crippen LogP contribution in [0, 0.1) is 6.92 Å². The lowest BCUT2D eigenvalue weighted by Gasteiger charge is -2.19. The predicted molar refractivity (Wildman–Crippen MR) is 107 cm³/mol. The Kier molecular flexibility index (Phi) is 6.24. The normalized spacial score (nSPS) is 23.2. The molecule has 1 unspecified atom stereocenters. The number of aromatic amines is 1. The number of ether oxygens (including phenoxy) is 1. The lowest BCUT2D eigenvalue weighted by atomic mass is 10.1. The Morgan fingerprint density at radius 3 is 2.83 bits per heavy atom. The second kappa shape index (κ2) is 8.67. The highest BCUT2D eigenvalue weighted by atomic mass is 31.2. The van der Waals surface area contributed by atoms with Gasteiger partial charge in [0.2, 0.25) is 0 Å². The molecule has 0 bridgehead atoms. The van der Waals surface area contributed by atoms with E-state index in [2.05, 4.69) is 20.1 Å². The minimum Gasteiger partial charge on any atom is -0.354 e. The second-order valence-electron chi connectivity index (χ2n) is 6.81. The fourth-order valence-electron chi connectivity index (χ4n) is 3.21. The Balaban J connectivity index is 1.72. The maximum Gasteiger partial charge on any atom is 0.330 e. The maximum absolute atomic E-state index is 12.5. The van der Waals surface area contributed by atoms with E-state index in [0.717, 1.165) is 0 Å². The second-order valence-corrected chi connectivity index (χ2v) is 8.88. The van der Waals surface area contributed by atoms with Crippen molar-refractivity contribution in [2.75, 3.05) is 11.2 Å². The number of aromatic nitrogens is 2. The molecule has 0 aliphatic carbocycles. The van der Waals surface area contributed by atoms with Crippen molar-refractivity contribution >= 4 is 13.2 Å². The Hall–Kier alpha value is -2.84. The number of aryl methyl sites for hydroxylation is 1. The summed E-state index contributed by atoms with van der Waals surface area (Å²) in [6.45, 7) is 1.56. The van der Waals surface area contributed by atoms with Gasteiger partial charge in [0.1, 0.15) is 6.23 Å². The summed E-state index contributed by atoms with van der Waals surface area (Å²) >= 11 is 0. The SMILES string of the molecule is Cc1cn([C@H]2C[C@H](N=[N+]=[N-])[C@@H](CCP(=O)(O)Nc3ccccc3)O2)c(=O)[nH]c1=O. The Morgan fingerprint density at radius 1 is 1.41 bits per heavy atom. The zero-order valence-electron chi connectivity index (χ0n) is 15.6. The van der Waals surface area contributed by atoms with Gasteiger partial charge in [0.25, 0.3) is 13.1 Å². The van der Waals surface area contributed by atoms with Crippen molar-refractivity contribution in [2.24, 2.45) is 5.11 Å². The molecular weight excluding hydrogens is 399 g/mol. The average molecular weight is 420 g/mol. The number of azide groups is 1. The van der Waals surface area contributed by atoms with Gasteiger partial charge >= 0.3 is 5.69 Å². The molecule has 0 spiro atoms. The monoisotopic (exact) mass is 420 g/mol. The Bertz CT molecular complexity index is 1080. The lowest BCUT2D eigenvalue weighted by Crippen LogP contribution is -2.33. The van der Waals surface area contributed by atoms with E-state index in [-0.39, 0.29) is 19.0 Å². The molecule has 0 radical (unpaired) electrons. The van der Waals surface area contributed by atoms with Crippen LogP contribution < -0.4 is 16.3 Å². The topological polar surface area (TPSA) is 162 Å². The standard InChI is InChI=1S/C17H21N6O5P/c1-11-10-23(17(25)19-16(11)24)15-9-13(20-22-18)14(28-15)7-8-29(26,27)21-12-5-3-2-4-6-12/h2-6,10,13-15H,7-9H2,1H3,(H,19,24,25)(H2,21,26,27)/t13-,14+,15+/m0/s1. The van der Waals surface area contributed by atoms with Gasteiger partial charge in [0.15, 0.2) is 0 Å². The quantitative estimate of drug-likeness (QED) is 0.270. The molecule has 1 aliphatic heterocycles. The number of benzene rings is 1. The third kappa shape index (κ3) is 5.16.